The van der Waals surface area contributed by atoms with Crippen molar-refractivity contribution < 1.29 is 14.6 Å². The fraction of sp³-hybridized carbons (Fsp3) is 0.824. The number of ether oxygens (including phenoxy) is 1. The molecule has 126 valence electrons. The summed E-state index contributed by atoms with van der Waals surface area (Å²) in [5, 5.41) is 15.1. The molecule has 0 unspecified atom stereocenters. The quantitative estimate of drug-likeness (QED) is 0.475. The van der Waals surface area contributed by atoms with Crippen LogP contribution >= 0.6 is 0 Å². The number of aliphatic hydroxyl groups excluding tert-OH is 1. The zero-order chi connectivity index (χ0) is 15.8. The van der Waals surface area contributed by atoms with Gasteiger partial charge in [-0.05, 0) is 38.0 Å². The average molecular weight is 310 g/mol. The molecule has 0 bridgehead atoms. The Hall–Kier alpha value is -1.07. The highest BCUT2D eigenvalue weighted by atomic mass is 16.5. The van der Waals surface area contributed by atoms with Crippen molar-refractivity contribution in [3.8, 4) is 0 Å². The fourth-order valence-electron chi connectivity index (χ4n) is 3.58. The first-order valence-corrected chi connectivity index (χ1v) is 8.59. The summed E-state index contributed by atoms with van der Waals surface area (Å²) in [4.78, 5) is 12.1. The lowest BCUT2D eigenvalue weighted by molar-refractivity contribution is 0.103. The van der Waals surface area contributed by atoms with E-state index in [0.717, 1.165) is 32.6 Å². The molecule has 1 saturated carbocycles. The molecule has 2 rings (SSSR count). The highest BCUT2D eigenvalue weighted by Gasteiger charge is 2.34. The Morgan fingerprint density at radius 2 is 2.14 bits per heavy atom. The summed E-state index contributed by atoms with van der Waals surface area (Å²) in [6, 6.07) is -0.0592. The van der Waals surface area contributed by atoms with Gasteiger partial charge in [-0.25, -0.2) is 4.79 Å². The van der Waals surface area contributed by atoms with Crippen LogP contribution in [0.25, 0.3) is 0 Å². The Bertz CT molecular complexity index is 378. The second-order valence-corrected chi connectivity index (χ2v) is 6.65. The van der Waals surface area contributed by atoms with Crippen LogP contribution in [0.4, 0.5) is 4.79 Å². The van der Waals surface area contributed by atoms with Crippen LogP contribution in [0.3, 0.4) is 0 Å². The molecule has 5 nitrogen and oxygen atoms in total. The molecule has 0 aromatic heterocycles. The van der Waals surface area contributed by atoms with Gasteiger partial charge in [0.25, 0.3) is 0 Å². The molecule has 22 heavy (non-hydrogen) atoms. The SMILES string of the molecule is CCOCCC1(CNC(=O)N[C@@H]2C=C[C@H](CO)C2)CCCC1. The standard InChI is InChI=1S/C17H30N2O3/c1-2-22-10-9-17(7-3-4-8-17)13-18-16(21)19-15-6-5-14(11-15)12-20/h5-6,14-15,20H,2-4,7-13H2,1H3,(H2,18,19,21)/t14-,15+/m0/s1. The number of carbonyl (C=O) groups is 1. The number of aliphatic hydroxyl groups is 1. The Morgan fingerprint density at radius 3 is 2.77 bits per heavy atom. The van der Waals surface area contributed by atoms with Gasteiger partial charge in [0.05, 0.1) is 0 Å². The monoisotopic (exact) mass is 310 g/mol. The van der Waals surface area contributed by atoms with E-state index in [2.05, 4.69) is 10.6 Å². The molecule has 2 aliphatic carbocycles. The maximum atomic E-state index is 12.1. The van der Waals surface area contributed by atoms with E-state index >= 15 is 0 Å². The van der Waals surface area contributed by atoms with E-state index in [0.29, 0.717) is 0 Å². The lowest BCUT2D eigenvalue weighted by Crippen LogP contribution is -2.45. The zero-order valence-electron chi connectivity index (χ0n) is 13.6. The molecule has 0 heterocycles. The summed E-state index contributed by atoms with van der Waals surface area (Å²) in [6.07, 6.45) is 10.6. The molecule has 0 saturated heterocycles. The van der Waals surface area contributed by atoms with Crippen molar-refractivity contribution in [1.29, 1.82) is 0 Å². The van der Waals surface area contributed by atoms with Crippen molar-refractivity contribution in [2.45, 2.75) is 51.5 Å². The number of amides is 2. The number of hydrogen-bond donors (Lipinski definition) is 3. The summed E-state index contributed by atoms with van der Waals surface area (Å²) in [5.41, 5.74) is 0.214. The van der Waals surface area contributed by atoms with Gasteiger partial charge >= 0.3 is 6.03 Å². The molecule has 0 aromatic carbocycles. The Morgan fingerprint density at radius 1 is 1.36 bits per heavy atom. The van der Waals surface area contributed by atoms with Crippen molar-refractivity contribution in [2.75, 3.05) is 26.4 Å². The summed E-state index contributed by atoms with van der Waals surface area (Å²) in [6.45, 7) is 4.43. The molecule has 5 heteroatoms. The predicted molar refractivity (Wildman–Crippen MR) is 86.7 cm³/mol. The van der Waals surface area contributed by atoms with Crippen molar-refractivity contribution in [1.82, 2.24) is 10.6 Å². The highest BCUT2D eigenvalue weighted by Crippen LogP contribution is 2.40. The van der Waals surface area contributed by atoms with Gasteiger partial charge in [0.1, 0.15) is 0 Å². The molecule has 0 aromatic rings. The predicted octanol–water partition coefficient (Wildman–Crippen LogP) is 2.21. The molecular formula is C17H30N2O3. The number of hydrogen-bond acceptors (Lipinski definition) is 3. The van der Waals surface area contributed by atoms with E-state index in [1.54, 1.807) is 0 Å². The van der Waals surface area contributed by atoms with Gasteiger partial charge in [-0.2, -0.15) is 0 Å². The van der Waals surface area contributed by atoms with Gasteiger partial charge in [-0.3, -0.25) is 0 Å². The molecule has 3 N–H and O–H groups in total. The van der Waals surface area contributed by atoms with Crippen LogP contribution in [0.15, 0.2) is 12.2 Å². The minimum Gasteiger partial charge on any atom is -0.396 e. The second kappa shape index (κ2) is 8.53. The third kappa shape index (κ3) is 4.99. The van der Waals surface area contributed by atoms with Gasteiger partial charge in [0, 0.05) is 38.3 Å². The molecule has 1 fully saturated rings. The van der Waals surface area contributed by atoms with Crippen LogP contribution in [-0.2, 0) is 4.74 Å². The van der Waals surface area contributed by atoms with E-state index < -0.39 is 0 Å². The maximum Gasteiger partial charge on any atom is 0.315 e. The van der Waals surface area contributed by atoms with Gasteiger partial charge in [-0.15, -0.1) is 0 Å². The van der Waals surface area contributed by atoms with E-state index in [1.807, 2.05) is 19.1 Å². The number of urea groups is 1. The Labute approximate surface area is 133 Å². The third-order valence-corrected chi connectivity index (χ3v) is 4.99. The minimum absolute atomic E-state index is 0.0418. The lowest BCUT2D eigenvalue weighted by Gasteiger charge is -2.29. The summed E-state index contributed by atoms with van der Waals surface area (Å²) >= 11 is 0. The van der Waals surface area contributed by atoms with Gasteiger partial charge in [-0.1, -0.05) is 25.0 Å². The second-order valence-electron chi connectivity index (χ2n) is 6.65. The Kier molecular flexibility index (Phi) is 6.70. The first-order valence-electron chi connectivity index (χ1n) is 8.59. The Balaban J connectivity index is 1.72. The van der Waals surface area contributed by atoms with Crippen molar-refractivity contribution in [2.24, 2.45) is 11.3 Å². The van der Waals surface area contributed by atoms with Crippen molar-refractivity contribution >= 4 is 6.03 Å². The van der Waals surface area contributed by atoms with Gasteiger partial charge < -0.3 is 20.5 Å². The average Bonchev–Trinajstić information content (AvgIpc) is 3.15. The van der Waals surface area contributed by atoms with Crippen LogP contribution in [0.1, 0.15) is 45.4 Å². The summed E-state index contributed by atoms with van der Waals surface area (Å²) in [7, 11) is 0. The molecule has 2 amide bonds. The summed E-state index contributed by atoms with van der Waals surface area (Å²) < 4.78 is 5.50. The first-order chi connectivity index (χ1) is 10.7. The summed E-state index contributed by atoms with van der Waals surface area (Å²) in [5.74, 6) is 0.178. The molecular weight excluding hydrogens is 280 g/mol. The molecule has 0 aliphatic heterocycles. The normalized spacial score (nSPS) is 26.3. The van der Waals surface area contributed by atoms with Crippen LogP contribution in [-0.4, -0.2) is 43.5 Å². The van der Waals surface area contributed by atoms with Crippen LogP contribution in [0, 0.1) is 11.3 Å². The number of rotatable bonds is 8. The van der Waals surface area contributed by atoms with Crippen molar-refractivity contribution in [3.05, 3.63) is 12.2 Å². The number of nitrogens with one attached hydrogen (secondary N) is 2. The van der Waals surface area contributed by atoms with Crippen LogP contribution in [0.5, 0.6) is 0 Å². The molecule has 0 radical (unpaired) electrons. The first kappa shape index (κ1) is 17.3. The molecule has 2 atom stereocenters. The fourth-order valence-corrected chi connectivity index (χ4v) is 3.58. The zero-order valence-corrected chi connectivity index (χ0v) is 13.6. The lowest BCUT2D eigenvalue weighted by atomic mass is 9.83. The number of carbonyl (C=O) groups excluding carboxylic acids is 1. The van der Waals surface area contributed by atoms with E-state index in [-0.39, 0.29) is 30.0 Å². The smallest absolute Gasteiger partial charge is 0.315 e. The topological polar surface area (TPSA) is 70.6 Å². The van der Waals surface area contributed by atoms with E-state index in [1.165, 1.54) is 25.7 Å². The van der Waals surface area contributed by atoms with Crippen LogP contribution < -0.4 is 10.6 Å². The molecule has 2 aliphatic rings. The largest absolute Gasteiger partial charge is 0.396 e. The van der Waals surface area contributed by atoms with Gasteiger partial charge in [0.15, 0.2) is 0 Å². The van der Waals surface area contributed by atoms with E-state index in [9.17, 15) is 4.79 Å². The van der Waals surface area contributed by atoms with Gasteiger partial charge in [0.2, 0.25) is 0 Å². The third-order valence-electron chi connectivity index (χ3n) is 4.99. The molecule has 0 spiro atoms. The van der Waals surface area contributed by atoms with E-state index in [4.69, 9.17) is 9.84 Å². The maximum absolute atomic E-state index is 12.1. The highest BCUT2D eigenvalue weighted by molar-refractivity contribution is 5.74. The minimum atomic E-state index is -0.101. The van der Waals surface area contributed by atoms with Crippen LogP contribution in [0.2, 0.25) is 0 Å². The van der Waals surface area contributed by atoms with Crippen molar-refractivity contribution in [3.63, 3.8) is 0 Å².